The van der Waals surface area contributed by atoms with Gasteiger partial charge in [-0.05, 0) is 57.2 Å². The van der Waals surface area contributed by atoms with Gasteiger partial charge in [0.1, 0.15) is 5.60 Å². The van der Waals surface area contributed by atoms with Gasteiger partial charge in [0.25, 0.3) is 0 Å². The van der Waals surface area contributed by atoms with E-state index >= 15 is 0 Å². The van der Waals surface area contributed by atoms with Gasteiger partial charge in [-0.2, -0.15) is 0 Å². The molecular formula is C18H25ClN2O2. The number of carbonyl (C=O) groups excluding carboxylic acids is 1. The molecular weight excluding hydrogens is 312 g/mol. The Balaban J connectivity index is 1.75. The molecule has 2 aliphatic rings. The molecule has 1 saturated heterocycles. The summed E-state index contributed by atoms with van der Waals surface area (Å²) in [6, 6.07) is 6.06. The highest BCUT2D eigenvalue weighted by Crippen LogP contribution is 2.51. The number of nitrogens with two attached hydrogens (primary N) is 1. The minimum absolute atomic E-state index is 0.00761. The van der Waals surface area contributed by atoms with Crippen LogP contribution in [-0.2, 0) is 10.2 Å². The fourth-order valence-electron chi connectivity index (χ4n) is 3.93. The zero-order valence-electron chi connectivity index (χ0n) is 14.1. The third-order valence-electron chi connectivity index (χ3n) is 4.98. The molecule has 0 aromatic heterocycles. The average molecular weight is 337 g/mol. The lowest BCUT2D eigenvalue weighted by Gasteiger charge is -2.40. The molecule has 126 valence electrons. The summed E-state index contributed by atoms with van der Waals surface area (Å²) < 4.78 is 5.48. The van der Waals surface area contributed by atoms with Crippen LogP contribution in [0.5, 0.6) is 0 Å². The van der Waals surface area contributed by atoms with Crippen LogP contribution in [0.4, 0.5) is 4.79 Å². The standard InChI is InChI=1S/C18H25ClN2O2/c1-17(2,3)23-16(22)21-9-7-18(8-10-21)11-14(20)15-12(18)5-4-6-13(15)19/h4-6,14H,7-11,20H2,1-3H3. The first-order valence-electron chi connectivity index (χ1n) is 8.24. The fourth-order valence-corrected chi connectivity index (χ4v) is 4.24. The van der Waals surface area contributed by atoms with Gasteiger partial charge in [0.2, 0.25) is 0 Å². The Morgan fingerprint density at radius 3 is 2.61 bits per heavy atom. The Morgan fingerprint density at radius 2 is 2.00 bits per heavy atom. The van der Waals surface area contributed by atoms with E-state index in [-0.39, 0.29) is 17.6 Å². The molecule has 23 heavy (non-hydrogen) atoms. The molecule has 1 unspecified atom stereocenters. The van der Waals surface area contributed by atoms with Gasteiger partial charge in [-0.1, -0.05) is 23.7 Å². The quantitative estimate of drug-likeness (QED) is 0.778. The minimum atomic E-state index is -0.456. The smallest absolute Gasteiger partial charge is 0.410 e. The van der Waals surface area contributed by atoms with Crippen molar-refractivity contribution in [3.63, 3.8) is 0 Å². The fraction of sp³-hybridized carbons (Fsp3) is 0.611. The summed E-state index contributed by atoms with van der Waals surface area (Å²) in [4.78, 5) is 14.0. The molecule has 1 fully saturated rings. The summed E-state index contributed by atoms with van der Waals surface area (Å²) in [6.07, 6.45) is 2.51. The molecule has 5 heteroatoms. The molecule has 1 aromatic rings. The minimum Gasteiger partial charge on any atom is -0.444 e. The number of hydrogen-bond donors (Lipinski definition) is 1. The number of piperidine rings is 1. The van der Waals surface area contributed by atoms with Gasteiger partial charge < -0.3 is 15.4 Å². The second kappa shape index (κ2) is 5.67. The third-order valence-corrected chi connectivity index (χ3v) is 5.31. The summed E-state index contributed by atoms with van der Waals surface area (Å²) in [5.74, 6) is 0. The van der Waals surface area contributed by atoms with Crippen molar-refractivity contribution < 1.29 is 9.53 Å². The van der Waals surface area contributed by atoms with Gasteiger partial charge in [-0.15, -0.1) is 0 Å². The summed E-state index contributed by atoms with van der Waals surface area (Å²) >= 11 is 6.35. The number of amides is 1. The molecule has 4 nitrogen and oxygen atoms in total. The molecule has 1 aliphatic heterocycles. The monoisotopic (exact) mass is 336 g/mol. The van der Waals surface area contributed by atoms with Crippen molar-refractivity contribution in [2.24, 2.45) is 5.73 Å². The molecule has 0 bridgehead atoms. The SMILES string of the molecule is CC(C)(C)OC(=O)N1CCC2(CC1)CC(N)c1c(Cl)cccc12. The molecule has 1 amide bonds. The van der Waals surface area contributed by atoms with Crippen LogP contribution in [0.15, 0.2) is 18.2 Å². The van der Waals surface area contributed by atoms with Crippen LogP contribution in [0.3, 0.4) is 0 Å². The summed E-state index contributed by atoms with van der Waals surface area (Å²) in [5, 5.41) is 0.765. The molecule has 3 rings (SSSR count). The van der Waals surface area contributed by atoms with Crippen LogP contribution in [0.2, 0.25) is 5.02 Å². The van der Waals surface area contributed by atoms with Gasteiger partial charge >= 0.3 is 6.09 Å². The number of likely N-dealkylation sites (tertiary alicyclic amines) is 1. The number of nitrogens with zero attached hydrogens (tertiary/aromatic N) is 1. The van der Waals surface area contributed by atoms with Gasteiger partial charge in [0.15, 0.2) is 0 Å². The molecule has 1 spiro atoms. The Hall–Kier alpha value is -1.26. The zero-order chi connectivity index (χ0) is 16.8. The number of ether oxygens (including phenoxy) is 1. The summed E-state index contributed by atoms with van der Waals surface area (Å²) in [7, 11) is 0. The van der Waals surface area contributed by atoms with Crippen molar-refractivity contribution >= 4 is 17.7 Å². The molecule has 0 radical (unpaired) electrons. The van der Waals surface area contributed by atoms with Crippen LogP contribution in [0.1, 0.15) is 57.2 Å². The third kappa shape index (κ3) is 3.07. The topological polar surface area (TPSA) is 55.6 Å². The van der Waals surface area contributed by atoms with Crippen LogP contribution in [0, 0.1) is 0 Å². The lowest BCUT2D eigenvalue weighted by Crippen LogP contribution is -2.46. The number of halogens is 1. The highest BCUT2D eigenvalue weighted by atomic mass is 35.5. The average Bonchev–Trinajstić information content (AvgIpc) is 2.72. The Labute approximate surface area is 142 Å². The number of rotatable bonds is 0. The van der Waals surface area contributed by atoms with Crippen LogP contribution in [0.25, 0.3) is 0 Å². The number of benzene rings is 1. The lowest BCUT2D eigenvalue weighted by molar-refractivity contribution is 0.0162. The highest BCUT2D eigenvalue weighted by molar-refractivity contribution is 6.31. The van der Waals surface area contributed by atoms with Crippen molar-refractivity contribution in [2.75, 3.05) is 13.1 Å². The van der Waals surface area contributed by atoms with Crippen molar-refractivity contribution in [3.8, 4) is 0 Å². The Morgan fingerprint density at radius 1 is 1.35 bits per heavy atom. The van der Waals surface area contributed by atoms with Gasteiger partial charge in [0, 0.05) is 29.6 Å². The molecule has 1 atom stereocenters. The number of hydrogen-bond acceptors (Lipinski definition) is 3. The van der Waals surface area contributed by atoms with Crippen molar-refractivity contribution in [2.45, 2.75) is 57.1 Å². The van der Waals surface area contributed by atoms with E-state index < -0.39 is 5.60 Å². The Bertz CT molecular complexity index is 616. The van der Waals surface area contributed by atoms with E-state index in [0.29, 0.717) is 13.1 Å². The van der Waals surface area contributed by atoms with E-state index in [1.165, 1.54) is 5.56 Å². The predicted molar refractivity (Wildman–Crippen MR) is 91.7 cm³/mol. The van der Waals surface area contributed by atoms with Crippen molar-refractivity contribution in [1.29, 1.82) is 0 Å². The van der Waals surface area contributed by atoms with E-state index in [0.717, 1.165) is 29.8 Å². The molecule has 1 aromatic carbocycles. The van der Waals surface area contributed by atoms with Gasteiger partial charge in [0.05, 0.1) is 0 Å². The van der Waals surface area contributed by atoms with Gasteiger partial charge in [-0.25, -0.2) is 4.79 Å². The van der Waals surface area contributed by atoms with E-state index in [9.17, 15) is 4.79 Å². The van der Waals surface area contributed by atoms with E-state index in [1.807, 2.05) is 37.8 Å². The first-order chi connectivity index (χ1) is 10.7. The largest absolute Gasteiger partial charge is 0.444 e. The van der Waals surface area contributed by atoms with Crippen LogP contribution >= 0.6 is 11.6 Å². The maximum Gasteiger partial charge on any atom is 0.410 e. The molecule has 2 N–H and O–H groups in total. The van der Waals surface area contributed by atoms with E-state index in [4.69, 9.17) is 22.1 Å². The van der Waals surface area contributed by atoms with E-state index in [2.05, 4.69) is 6.07 Å². The maximum absolute atomic E-state index is 12.2. The van der Waals surface area contributed by atoms with Gasteiger partial charge in [-0.3, -0.25) is 0 Å². The molecule has 0 saturated carbocycles. The van der Waals surface area contributed by atoms with Crippen LogP contribution in [-0.4, -0.2) is 29.7 Å². The number of fused-ring (bicyclic) bond motifs is 2. The lowest BCUT2D eigenvalue weighted by atomic mass is 9.74. The van der Waals surface area contributed by atoms with E-state index in [1.54, 1.807) is 0 Å². The maximum atomic E-state index is 12.2. The summed E-state index contributed by atoms with van der Waals surface area (Å²) in [6.45, 7) is 7.08. The second-order valence-corrected chi connectivity index (χ2v) is 8.17. The summed E-state index contributed by atoms with van der Waals surface area (Å²) in [5.41, 5.74) is 8.31. The highest BCUT2D eigenvalue weighted by Gasteiger charge is 2.46. The first kappa shape index (κ1) is 16.6. The second-order valence-electron chi connectivity index (χ2n) is 7.76. The Kier molecular flexibility index (Phi) is 4.09. The zero-order valence-corrected chi connectivity index (χ0v) is 14.8. The van der Waals surface area contributed by atoms with Crippen molar-refractivity contribution in [3.05, 3.63) is 34.3 Å². The van der Waals surface area contributed by atoms with Crippen LogP contribution < -0.4 is 5.73 Å². The normalized spacial score (nSPS) is 23.0. The molecule has 1 aliphatic carbocycles. The predicted octanol–water partition coefficient (Wildman–Crippen LogP) is 4.01. The molecule has 1 heterocycles. The first-order valence-corrected chi connectivity index (χ1v) is 8.62. The number of carbonyl (C=O) groups is 1. The van der Waals surface area contributed by atoms with Crippen molar-refractivity contribution in [1.82, 2.24) is 4.90 Å².